The highest BCUT2D eigenvalue weighted by Crippen LogP contribution is 2.40. The standard InChI is InChI=1S/C26H36N2O7S2/c1-18-7-5-6-8-23(18)28(17-19-15-24(33-2)26(35-4)25(16-19)34-3)37(31,32)22-13-11-21(12-14-22)36(29,30)27-20-9-10-20/h11-16,18,20,23,27H,5-10,17H2,1-4H3/t18-,23-/m1/s1. The van der Waals surface area contributed by atoms with Crippen molar-refractivity contribution in [1.82, 2.24) is 9.03 Å². The van der Waals surface area contributed by atoms with Crippen LogP contribution in [0.4, 0.5) is 0 Å². The van der Waals surface area contributed by atoms with Gasteiger partial charge in [-0.3, -0.25) is 0 Å². The van der Waals surface area contributed by atoms with E-state index in [1.807, 2.05) is 0 Å². The Kier molecular flexibility index (Phi) is 8.37. The summed E-state index contributed by atoms with van der Waals surface area (Å²) in [5, 5.41) is 0. The zero-order valence-corrected chi connectivity index (χ0v) is 23.4. The summed E-state index contributed by atoms with van der Waals surface area (Å²) in [5.41, 5.74) is 0.698. The van der Waals surface area contributed by atoms with Gasteiger partial charge in [-0.25, -0.2) is 21.6 Å². The molecule has 2 aromatic rings. The van der Waals surface area contributed by atoms with Gasteiger partial charge in [0, 0.05) is 18.6 Å². The lowest BCUT2D eigenvalue weighted by Crippen LogP contribution is -2.44. The van der Waals surface area contributed by atoms with E-state index in [-0.39, 0.29) is 34.3 Å². The number of hydrogen-bond donors (Lipinski definition) is 1. The molecule has 2 aliphatic carbocycles. The van der Waals surface area contributed by atoms with E-state index in [2.05, 4.69) is 11.6 Å². The summed E-state index contributed by atoms with van der Waals surface area (Å²) in [5.74, 6) is 1.51. The van der Waals surface area contributed by atoms with Gasteiger partial charge in [0.2, 0.25) is 25.8 Å². The average Bonchev–Trinajstić information content (AvgIpc) is 3.70. The molecule has 2 aliphatic rings. The maximum absolute atomic E-state index is 14.0. The largest absolute Gasteiger partial charge is 0.493 e. The van der Waals surface area contributed by atoms with Gasteiger partial charge in [0.25, 0.3) is 0 Å². The highest BCUT2D eigenvalue weighted by Gasteiger charge is 2.37. The Bertz CT molecular complexity index is 1280. The van der Waals surface area contributed by atoms with Gasteiger partial charge in [-0.05, 0) is 73.6 Å². The molecule has 9 nitrogen and oxygen atoms in total. The van der Waals surface area contributed by atoms with Crippen LogP contribution in [0.15, 0.2) is 46.2 Å². The maximum atomic E-state index is 14.0. The van der Waals surface area contributed by atoms with E-state index < -0.39 is 20.0 Å². The molecule has 0 spiro atoms. The van der Waals surface area contributed by atoms with Gasteiger partial charge in [-0.1, -0.05) is 19.8 Å². The fraction of sp³-hybridized carbons (Fsp3) is 0.538. The Morgan fingerprint density at radius 1 is 0.838 bits per heavy atom. The van der Waals surface area contributed by atoms with Crippen LogP contribution < -0.4 is 18.9 Å². The van der Waals surface area contributed by atoms with Crippen LogP contribution in [0.25, 0.3) is 0 Å². The SMILES string of the molecule is COc1cc(CN([C@@H]2CCCC[C@H]2C)S(=O)(=O)c2ccc(S(=O)(=O)NC3CC3)cc2)cc(OC)c1OC. The molecule has 37 heavy (non-hydrogen) atoms. The molecule has 2 saturated carbocycles. The molecular weight excluding hydrogens is 516 g/mol. The minimum atomic E-state index is -3.95. The molecular formula is C26H36N2O7S2. The summed E-state index contributed by atoms with van der Waals surface area (Å²) in [7, 11) is -3.07. The van der Waals surface area contributed by atoms with Gasteiger partial charge in [-0.2, -0.15) is 4.31 Å². The van der Waals surface area contributed by atoms with Crippen molar-refractivity contribution in [3.05, 3.63) is 42.0 Å². The van der Waals surface area contributed by atoms with Crippen molar-refractivity contribution in [3.63, 3.8) is 0 Å². The van der Waals surface area contributed by atoms with E-state index in [1.54, 1.807) is 16.4 Å². The first kappa shape index (κ1) is 27.7. The number of nitrogens with zero attached hydrogens (tertiary/aromatic N) is 1. The Balaban J connectivity index is 1.70. The molecule has 0 amide bonds. The van der Waals surface area contributed by atoms with Crippen molar-refractivity contribution in [1.29, 1.82) is 0 Å². The number of nitrogens with one attached hydrogen (secondary N) is 1. The lowest BCUT2D eigenvalue weighted by molar-refractivity contribution is 0.185. The van der Waals surface area contributed by atoms with E-state index in [4.69, 9.17) is 14.2 Å². The second kappa shape index (κ2) is 11.2. The molecule has 0 heterocycles. The van der Waals surface area contributed by atoms with Crippen LogP contribution in [-0.4, -0.2) is 54.6 Å². The minimum Gasteiger partial charge on any atom is -0.493 e. The molecule has 204 valence electrons. The second-order valence-corrected chi connectivity index (χ2v) is 13.4. The number of hydrogen-bond acceptors (Lipinski definition) is 7. The monoisotopic (exact) mass is 552 g/mol. The summed E-state index contributed by atoms with van der Waals surface area (Å²) in [4.78, 5) is 0.114. The Morgan fingerprint density at radius 2 is 1.41 bits per heavy atom. The van der Waals surface area contributed by atoms with Crippen LogP contribution in [0.5, 0.6) is 17.2 Å². The van der Waals surface area contributed by atoms with Crippen molar-refractivity contribution in [3.8, 4) is 17.2 Å². The molecule has 2 atom stereocenters. The third-order valence-corrected chi connectivity index (χ3v) is 10.6. The smallest absolute Gasteiger partial charge is 0.243 e. The van der Waals surface area contributed by atoms with Gasteiger partial charge < -0.3 is 14.2 Å². The Labute approximate surface area is 220 Å². The number of methoxy groups -OCH3 is 3. The van der Waals surface area contributed by atoms with Crippen LogP contribution in [0.1, 0.15) is 51.0 Å². The first-order chi connectivity index (χ1) is 17.6. The van der Waals surface area contributed by atoms with Crippen molar-refractivity contribution in [2.45, 2.75) is 73.9 Å². The van der Waals surface area contributed by atoms with Gasteiger partial charge in [-0.15, -0.1) is 0 Å². The summed E-state index contributed by atoms with van der Waals surface area (Å²) in [6.07, 6.45) is 5.34. The van der Waals surface area contributed by atoms with Crippen molar-refractivity contribution in [2.24, 2.45) is 5.92 Å². The number of sulfonamides is 2. The van der Waals surface area contributed by atoms with E-state index >= 15 is 0 Å². The van der Waals surface area contributed by atoms with Crippen molar-refractivity contribution < 1.29 is 31.0 Å². The molecule has 0 saturated heterocycles. The highest BCUT2D eigenvalue weighted by atomic mass is 32.2. The number of rotatable bonds is 11. The van der Waals surface area contributed by atoms with E-state index in [1.165, 1.54) is 45.6 Å². The summed E-state index contributed by atoms with van der Waals surface area (Å²) in [6.45, 7) is 2.19. The zero-order valence-electron chi connectivity index (χ0n) is 21.8. The van der Waals surface area contributed by atoms with Gasteiger partial charge in [0.1, 0.15) is 0 Å². The third kappa shape index (κ3) is 6.05. The summed E-state index contributed by atoms with van der Waals surface area (Å²) < 4.78 is 73.8. The molecule has 2 aromatic carbocycles. The topological polar surface area (TPSA) is 111 Å². The molecule has 1 N–H and O–H groups in total. The molecule has 4 rings (SSSR count). The van der Waals surface area contributed by atoms with E-state index in [0.29, 0.717) is 22.8 Å². The van der Waals surface area contributed by atoms with Crippen molar-refractivity contribution in [2.75, 3.05) is 21.3 Å². The molecule has 0 aliphatic heterocycles. The highest BCUT2D eigenvalue weighted by molar-refractivity contribution is 7.89. The lowest BCUT2D eigenvalue weighted by Gasteiger charge is -2.38. The predicted molar refractivity (Wildman–Crippen MR) is 140 cm³/mol. The van der Waals surface area contributed by atoms with Gasteiger partial charge in [0.15, 0.2) is 11.5 Å². The predicted octanol–water partition coefficient (Wildman–Crippen LogP) is 3.92. The Hall–Kier alpha value is -2.34. The second-order valence-electron chi connectivity index (χ2n) is 9.78. The van der Waals surface area contributed by atoms with E-state index in [9.17, 15) is 16.8 Å². The van der Waals surface area contributed by atoms with Crippen LogP contribution in [0.2, 0.25) is 0 Å². The molecule has 0 unspecified atom stereocenters. The molecule has 0 radical (unpaired) electrons. The molecule has 0 bridgehead atoms. The quantitative estimate of drug-likeness (QED) is 0.450. The first-order valence-electron chi connectivity index (χ1n) is 12.5. The molecule has 2 fully saturated rings. The average molecular weight is 553 g/mol. The minimum absolute atomic E-state index is 0.0323. The summed E-state index contributed by atoms with van der Waals surface area (Å²) in [6, 6.07) is 8.78. The van der Waals surface area contributed by atoms with Crippen LogP contribution in [0, 0.1) is 5.92 Å². The maximum Gasteiger partial charge on any atom is 0.243 e. The van der Waals surface area contributed by atoms with Gasteiger partial charge >= 0.3 is 0 Å². The number of benzene rings is 2. The normalized spacial score (nSPS) is 20.6. The van der Waals surface area contributed by atoms with Crippen LogP contribution in [-0.2, 0) is 26.6 Å². The fourth-order valence-corrected chi connectivity index (χ4v) is 7.97. The Morgan fingerprint density at radius 3 is 1.92 bits per heavy atom. The van der Waals surface area contributed by atoms with Crippen LogP contribution >= 0.6 is 0 Å². The molecule has 0 aromatic heterocycles. The number of ether oxygens (including phenoxy) is 3. The zero-order chi connectivity index (χ0) is 26.8. The lowest BCUT2D eigenvalue weighted by atomic mass is 9.86. The van der Waals surface area contributed by atoms with E-state index in [0.717, 1.165) is 38.5 Å². The van der Waals surface area contributed by atoms with Crippen molar-refractivity contribution >= 4 is 20.0 Å². The van der Waals surface area contributed by atoms with Crippen LogP contribution in [0.3, 0.4) is 0 Å². The van der Waals surface area contributed by atoms with Gasteiger partial charge in [0.05, 0.1) is 31.1 Å². The molecule has 11 heteroatoms. The fourth-order valence-electron chi connectivity index (χ4n) is 4.93. The third-order valence-electron chi connectivity index (χ3n) is 7.14. The summed E-state index contributed by atoms with van der Waals surface area (Å²) >= 11 is 0. The first-order valence-corrected chi connectivity index (χ1v) is 15.5.